The van der Waals surface area contributed by atoms with Gasteiger partial charge < -0.3 is 10.6 Å². The average molecular weight is 226 g/mol. The molecule has 0 saturated heterocycles. The number of thiophene rings is 1. The van der Waals surface area contributed by atoms with E-state index in [1.54, 1.807) is 11.3 Å². The minimum atomic E-state index is 0.0264. The van der Waals surface area contributed by atoms with E-state index in [9.17, 15) is 4.79 Å². The maximum Gasteiger partial charge on any atom is 0.252 e. The minimum Gasteiger partial charge on any atom is -0.350 e. The Labute approximate surface area is 94.9 Å². The highest BCUT2D eigenvalue weighted by Gasteiger charge is 2.10. The first-order valence-electron chi connectivity index (χ1n) is 5.19. The van der Waals surface area contributed by atoms with Crippen LogP contribution < -0.4 is 10.6 Å². The van der Waals surface area contributed by atoms with Crippen LogP contribution in [-0.2, 0) is 0 Å². The largest absolute Gasteiger partial charge is 0.350 e. The maximum absolute atomic E-state index is 11.7. The van der Waals surface area contributed by atoms with Crippen LogP contribution in [0.5, 0.6) is 0 Å². The molecular weight excluding hydrogens is 208 g/mol. The Morgan fingerprint density at radius 2 is 2.27 bits per heavy atom. The van der Waals surface area contributed by atoms with Crippen molar-refractivity contribution in [3.63, 3.8) is 0 Å². The summed E-state index contributed by atoms with van der Waals surface area (Å²) in [5.74, 6) is 0.0264. The number of hydrogen-bond acceptors (Lipinski definition) is 3. The van der Waals surface area contributed by atoms with Gasteiger partial charge in [-0.2, -0.15) is 11.3 Å². The first-order valence-corrected chi connectivity index (χ1v) is 6.13. The molecule has 0 aliphatic carbocycles. The highest BCUT2D eigenvalue weighted by Crippen LogP contribution is 2.12. The van der Waals surface area contributed by atoms with Gasteiger partial charge in [-0.3, -0.25) is 4.79 Å². The van der Waals surface area contributed by atoms with Gasteiger partial charge in [-0.1, -0.05) is 6.92 Å². The van der Waals surface area contributed by atoms with Gasteiger partial charge in [0.1, 0.15) is 0 Å². The number of nitrogens with one attached hydrogen (secondary N) is 2. The lowest BCUT2D eigenvalue weighted by atomic mass is 10.2. The average Bonchev–Trinajstić information content (AvgIpc) is 2.61. The standard InChI is InChI=1S/C11H18N2OS/c1-4-12-9(3)5-13-11(14)10-7-15-6-8(10)2/h6-7,9,12H,4-5H2,1-3H3,(H,13,14)/t9-/m1/s1. The molecule has 0 bridgehead atoms. The van der Waals surface area contributed by atoms with E-state index in [1.165, 1.54) is 0 Å². The summed E-state index contributed by atoms with van der Waals surface area (Å²) in [7, 11) is 0. The fourth-order valence-corrected chi connectivity index (χ4v) is 2.18. The van der Waals surface area contributed by atoms with Gasteiger partial charge in [0, 0.05) is 18.0 Å². The van der Waals surface area contributed by atoms with Crippen molar-refractivity contribution in [3.05, 3.63) is 21.9 Å². The second-order valence-corrected chi connectivity index (χ2v) is 4.38. The van der Waals surface area contributed by atoms with Crippen LogP contribution in [0.4, 0.5) is 0 Å². The zero-order valence-electron chi connectivity index (χ0n) is 9.46. The topological polar surface area (TPSA) is 41.1 Å². The number of hydrogen-bond donors (Lipinski definition) is 2. The lowest BCUT2D eigenvalue weighted by Crippen LogP contribution is -2.38. The molecular formula is C11H18N2OS. The lowest BCUT2D eigenvalue weighted by Gasteiger charge is -2.12. The van der Waals surface area contributed by atoms with E-state index < -0.39 is 0 Å². The SMILES string of the molecule is CCN[C@H](C)CNC(=O)c1cscc1C. The number of likely N-dealkylation sites (N-methyl/N-ethyl adjacent to an activating group) is 1. The van der Waals surface area contributed by atoms with Crippen molar-refractivity contribution in [1.29, 1.82) is 0 Å². The van der Waals surface area contributed by atoms with Crippen LogP contribution in [0.15, 0.2) is 10.8 Å². The molecule has 2 N–H and O–H groups in total. The molecule has 1 atom stereocenters. The lowest BCUT2D eigenvalue weighted by molar-refractivity contribution is 0.0950. The van der Waals surface area contributed by atoms with E-state index in [2.05, 4.69) is 24.5 Å². The summed E-state index contributed by atoms with van der Waals surface area (Å²) >= 11 is 1.56. The molecule has 1 rings (SSSR count). The Hall–Kier alpha value is -0.870. The summed E-state index contributed by atoms with van der Waals surface area (Å²) in [6.07, 6.45) is 0. The monoisotopic (exact) mass is 226 g/mol. The Bertz CT molecular complexity index is 322. The summed E-state index contributed by atoms with van der Waals surface area (Å²) in [6, 6.07) is 0.317. The van der Waals surface area contributed by atoms with Crippen molar-refractivity contribution in [2.45, 2.75) is 26.8 Å². The molecule has 0 aliphatic heterocycles. The number of aryl methyl sites for hydroxylation is 1. The van der Waals surface area contributed by atoms with E-state index in [0.29, 0.717) is 12.6 Å². The number of amides is 1. The normalized spacial score (nSPS) is 12.5. The summed E-state index contributed by atoms with van der Waals surface area (Å²) < 4.78 is 0. The second-order valence-electron chi connectivity index (χ2n) is 3.64. The van der Waals surface area contributed by atoms with Crippen LogP contribution in [0.25, 0.3) is 0 Å². The van der Waals surface area contributed by atoms with Crippen molar-refractivity contribution in [2.75, 3.05) is 13.1 Å². The van der Waals surface area contributed by atoms with E-state index in [-0.39, 0.29) is 5.91 Å². The third-order valence-electron chi connectivity index (χ3n) is 2.22. The van der Waals surface area contributed by atoms with Crippen LogP contribution in [0, 0.1) is 6.92 Å². The van der Waals surface area contributed by atoms with Gasteiger partial charge in [0.15, 0.2) is 0 Å². The van der Waals surface area contributed by atoms with Crippen molar-refractivity contribution in [2.24, 2.45) is 0 Å². The molecule has 15 heavy (non-hydrogen) atoms. The summed E-state index contributed by atoms with van der Waals surface area (Å²) in [4.78, 5) is 11.7. The van der Waals surface area contributed by atoms with Crippen LogP contribution in [0.1, 0.15) is 29.8 Å². The quantitative estimate of drug-likeness (QED) is 0.803. The molecule has 84 valence electrons. The van der Waals surface area contributed by atoms with E-state index in [0.717, 1.165) is 17.7 Å². The Kier molecular flexibility index (Phi) is 4.78. The predicted molar refractivity (Wildman–Crippen MR) is 64.5 cm³/mol. The number of carbonyl (C=O) groups excluding carboxylic acids is 1. The molecule has 0 aromatic carbocycles. The molecule has 4 heteroatoms. The van der Waals surface area contributed by atoms with Crippen LogP contribution >= 0.6 is 11.3 Å². The van der Waals surface area contributed by atoms with Gasteiger partial charge in [-0.25, -0.2) is 0 Å². The smallest absolute Gasteiger partial charge is 0.252 e. The summed E-state index contributed by atoms with van der Waals surface area (Å²) in [5, 5.41) is 10.0. The number of rotatable bonds is 5. The third-order valence-corrected chi connectivity index (χ3v) is 3.08. The fourth-order valence-electron chi connectivity index (χ4n) is 1.35. The van der Waals surface area contributed by atoms with Crippen molar-refractivity contribution < 1.29 is 4.79 Å². The third kappa shape index (κ3) is 3.64. The summed E-state index contributed by atoms with van der Waals surface area (Å²) in [6.45, 7) is 7.67. The van der Waals surface area contributed by atoms with E-state index in [1.807, 2.05) is 17.7 Å². The highest BCUT2D eigenvalue weighted by atomic mass is 32.1. The van der Waals surface area contributed by atoms with Gasteiger partial charge in [-0.05, 0) is 31.3 Å². The predicted octanol–water partition coefficient (Wildman–Crippen LogP) is 1.78. The number of carbonyl (C=O) groups is 1. The van der Waals surface area contributed by atoms with Crippen molar-refractivity contribution in [3.8, 4) is 0 Å². The molecule has 0 aliphatic rings. The zero-order chi connectivity index (χ0) is 11.3. The van der Waals surface area contributed by atoms with Crippen molar-refractivity contribution in [1.82, 2.24) is 10.6 Å². The molecule has 1 amide bonds. The molecule has 1 aromatic heterocycles. The van der Waals surface area contributed by atoms with Gasteiger partial charge in [-0.15, -0.1) is 0 Å². The van der Waals surface area contributed by atoms with Crippen molar-refractivity contribution >= 4 is 17.2 Å². The van der Waals surface area contributed by atoms with Crippen LogP contribution in [0.3, 0.4) is 0 Å². The summed E-state index contributed by atoms with van der Waals surface area (Å²) in [5.41, 5.74) is 1.84. The Balaban J connectivity index is 2.40. The Morgan fingerprint density at radius 3 is 2.80 bits per heavy atom. The highest BCUT2D eigenvalue weighted by molar-refractivity contribution is 7.08. The minimum absolute atomic E-state index is 0.0264. The molecule has 0 unspecified atom stereocenters. The first kappa shape index (κ1) is 12.2. The second kappa shape index (κ2) is 5.88. The van der Waals surface area contributed by atoms with Gasteiger partial charge in [0.05, 0.1) is 5.56 Å². The fraction of sp³-hybridized carbons (Fsp3) is 0.545. The van der Waals surface area contributed by atoms with E-state index >= 15 is 0 Å². The van der Waals surface area contributed by atoms with Gasteiger partial charge in [0.2, 0.25) is 0 Å². The first-order chi connectivity index (χ1) is 7.15. The Morgan fingerprint density at radius 1 is 1.53 bits per heavy atom. The van der Waals surface area contributed by atoms with Crippen LogP contribution in [0.2, 0.25) is 0 Å². The van der Waals surface area contributed by atoms with Gasteiger partial charge >= 0.3 is 0 Å². The maximum atomic E-state index is 11.7. The molecule has 3 nitrogen and oxygen atoms in total. The van der Waals surface area contributed by atoms with Crippen LogP contribution in [-0.4, -0.2) is 25.0 Å². The van der Waals surface area contributed by atoms with E-state index in [4.69, 9.17) is 0 Å². The molecule has 0 spiro atoms. The molecule has 1 aromatic rings. The molecule has 0 fully saturated rings. The molecule has 1 heterocycles. The zero-order valence-corrected chi connectivity index (χ0v) is 10.3. The molecule has 0 saturated carbocycles. The van der Waals surface area contributed by atoms with Gasteiger partial charge in [0.25, 0.3) is 5.91 Å². The molecule has 0 radical (unpaired) electrons.